The van der Waals surface area contributed by atoms with Crippen LogP contribution in [0.4, 0.5) is 0 Å². The SMILES string of the molecule is Cc1ccccc1C(=O)N(CC(=O)N(CCc1c[nH]c2ccccc12)Cc1ccc(C(C)(C)C)cc1)C(C)C. The molecule has 2 amide bonds. The number of benzene rings is 3. The number of carbonyl (C=O) groups excluding carboxylic acids is 2. The van der Waals surface area contributed by atoms with Crippen molar-refractivity contribution >= 4 is 22.7 Å². The van der Waals surface area contributed by atoms with Crippen molar-refractivity contribution < 1.29 is 9.59 Å². The Morgan fingerprint density at radius 1 is 0.897 bits per heavy atom. The van der Waals surface area contributed by atoms with Gasteiger partial charge in [-0.2, -0.15) is 0 Å². The smallest absolute Gasteiger partial charge is 0.254 e. The molecule has 1 aromatic heterocycles. The molecule has 4 aromatic rings. The molecule has 0 aliphatic carbocycles. The predicted molar refractivity (Wildman–Crippen MR) is 160 cm³/mol. The first-order chi connectivity index (χ1) is 18.5. The van der Waals surface area contributed by atoms with Crippen LogP contribution in [0, 0.1) is 6.92 Å². The fourth-order valence-corrected chi connectivity index (χ4v) is 4.92. The molecule has 1 N–H and O–H groups in total. The number of amides is 2. The number of nitrogens with zero attached hydrogens (tertiary/aromatic N) is 2. The van der Waals surface area contributed by atoms with E-state index >= 15 is 0 Å². The van der Waals surface area contributed by atoms with Crippen LogP contribution >= 0.6 is 0 Å². The van der Waals surface area contributed by atoms with E-state index in [4.69, 9.17) is 0 Å². The van der Waals surface area contributed by atoms with Crippen molar-refractivity contribution in [2.45, 2.75) is 66.0 Å². The number of H-pyrrole nitrogens is 1. The summed E-state index contributed by atoms with van der Waals surface area (Å²) < 4.78 is 0. The van der Waals surface area contributed by atoms with Crippen LogP contribution in [0.5, 0.6) is 0 Å². The minimum Gasteiger partial charge on any atom is -0.361 e. The number of nitrogens with one attached hydrogen (secondary N) is 1. The van der Waals surface area contributed by atoms with E-state index in [1.807, 2.05) is 68.3 Å². The molecule has 4 rings (SSSR count). The Hall–Kier alpha value is -3.86. The highest BCUT2D eigenvalue weighted by atomic mass is 16.2. The number of aromatic amines is 1. The zero-order chi connectivity index (χ0) is 28.2. The summed E-state index contributed by atoms with van der Waals surface area (Å²) in [7, 11) is 0. The number of para-hydroxylation sites is 1. The van der Waals surface area contributed by atoms with E-state index in [1.165, 1.54) is 16.5 Å². The molecule has 0 fully saturated rings. The molecule has 0 saturated carbocycles. The van der Waals surface area contributed by atoms with Gasteiger partial charge in [0.15, 0.2) is 0 Å². The van der Waals surface area contributed by atoms with Crippen LogP contribution in [0.3, 0.4) is 0 Å². The second-order valence-electron chi connectivity index (χ2n) is 11.7. The van der Waals surface area contributed by atoms with E-state index in [2.05, 4.69) is 62.2 Å². The van der Waals surface area contributed by atoms with Gasteiger partial charge in [0.25, 0.3) is 5.91 Å². The Balaban J connectivity index is 1.57. The summed E-state index contributed by atoms with van der Waals surface area (Å²) >= 11 is 0. The number of rotatable bonds is 9. The number of fused-ring (bicyclic) bond motifs is 1. The maximum Gasteiger partial charge on any atom is 0.254 e. The largest absolute Gasteiger partial charge is 0.361 e. The van der Waals surface area contributed by atoms with Crippen molar-refractivity contribution in [1.82, 2.24) is 14.8 Å². The zero-order valence-corrected chi connectivity index (χ0v) is 24.1. The highest BCUT2D eigenvalue weighted by Crippen LogP contribution is 2.23. The van der Waals surface area contributed by atoms with Gasteiger partial charge in [0.2, 0.25) is 5.91 Å². The fraction of sp³-hybridized carbons (Fsp3) is 0.353. The molecular weight excluding hydrogens is 482 g/mol. The molecule has 0 unspecified atom stereocenters. The van der Waals surface area contributed by atoms with Crippen LogP contribution < -0.4 is 0 Å². The van der Waals surface area contributed by atoms with Crippen molar-refractivity contribution in [2.75, 3.05) is 13.1 Å². The minimum absolute atomic E-state index is 0.0405. The third kappa shape index (κ3) is 6.78. The molecule has 0 atom stereocenters. The average Bonchev–Trinajstić information content (AvgIpc) is 3.32. The molecule has 5 heteroatoms. The summed E-state index contributed by atoms with van der Waals surface area (Å²) in [5.41, 5.74) is 6.24. The van der Waals surface area contributed by atoms with Crippen molar-refractivity contribution in [3.8, 4) is 0 Å². The summed E-state index contributed by atoms with van der Waals surface area (Å²) in [6.45, 7) is 13.6. The normalized spacial score (nSPS) is 11.7. The van der Waals surface area contributed by atoms with Gasteiger partial charge in [-0.05, 0) is 67.0 Å². The van der Waals surface area contributed by atoms with Gasteiger partial charge < -0.3 is 14.8 Å². The van der Waals surface area contributed by atoms with Gasteiger partial charge in [-0.25, -0.2) is 0 Å². The molecule has 204 valence electrons. The van der Waals surface area contributed by atoms with Gasteiger partial charge in [0, 0.05) is 41.8 Å². The van der Waals surface area contributed by atoms with E-state index in [0.717, 1.165) is 23.1 Å². The average molecular weight is 524 g/mol. The van der Waals surface area contributed by atoms with Crippen molar-refractivity contribution in [1.29, 1.82) is 0 Å². The highest BCUT2D eigenvalue weighted by molar-refractivity contribution is 5.98. The van der Waals surface area contributed by atoms with Gasteiger partial charge in [0.1, 0.15) is 6.54 Å². The molecule has 3 aromatic carbocycles. The lowest BCUT2D eigenvalue weighted by Crippen LogP contribution is -2.46. The highest BCUT2D eigenvalue weighted by Gasteiger charge is 2.26. The van der Waals surface area contributed by atoms with Crippen LogP contribution in [-0.4, -0.2) is 45.7 Å². The quantitative estimate of drug-likeness (QED) is 0.260. The maximum atomic E-state index is 13.9. The van der Waals surface area contributed by atoms with E-state index in [0.29, 0.717) is 18.7 Å². The molecule has 0 saturated heterocycles. The Morgan fingerprint density at radius 3 is 2.23 bits per heavy atom. The van der Waals surface area contributed by atoms with Crippen molar-refractivity contribution in [3.05, 3.63) is 107 Å². The first-order valence-electron chi connectivity index (χ1n) is 13.8. The predicted octanol–water partition coefficient (Wildman–Crippen LogP) is 6.90. The zero-order valence-electron chi connectivity index (χ0n) is 24.1. The molecule has 0 bridgehead atoms. The van der Waals surface area contributed by atoms with E-state index in [1.54, 1.807) is 4.90 Å². The lowest BCUT2D eigenvalue weighted by atomic mass is 9.87. The van der Waals surface area contributed by atoms with Crippen LogP contribution in [0.25, 0.3) is 10.9 Å². The Morgan fingerprint density at radius 2 is 1.56 bits per heavy atom. The summed E-state index contributed by atoms with van der Waals surface area (Å²) in [6.07, 6.45) is 2.76. The van der Waals surface area contributed by atoms with E-state index in [-0.39, 0.29) is 29.8 Å². The molecule has 0 spiro atoms. The van der Waals surface area contributed by atoms with Crippen LogP contribution in [0.2, 0.25) is 0 Å². The summed E-state index contributed by atoms with van der Waals surface area (Å²) in [5.74, 6) is -0.159. The third-order valence-corrected chi connectivity index (χ3v) is 7.44. The van der Waals surface area contributed by atoms with Gasteiger partial charge in [0.05, 0.1) is 0 Å². The summed E-state index contributed by atoms with van der Waals surface area (Å²) in [4.78, 5) is 34.3. The fourth-order valence-electron chi connectivity index (χ4n) is 4.92. The molecule has 0 radical (unpaired) electrons. The Labute approximate surface area is 232 Å². The number of carbonyl (C=O) groups is 2. The number of hydrogen-bond donors (Lipinski definition) is 1. The second-order valence-corrected chi connectivity index (χ2v) is 11.7. The van der Waals surface area contributed by atoms with Gasteiger partial charge in [-0.1, -0.05) is 81.4 Å². The van der Waals surface area contributed by atoms with Crippen molar-refractivity contribution in [3.63, 3.8) is 0 Å². The Kier molecular flexibility index (Phi) is 8.59. The summed E-state index contributed by atoms with van der Waals surface area (Å²) in [6, 6.07) is 24.2. The van der Waals surface area contributed by atoms with Crippen LogP contribution in [0.1, 0.15) is 67.2 Å². The molecule has 0 aliphatic heterocycles. The Bertz CT molecular complexity index is 1430. The number of hydrogen-bond acceptors (Lipinski definition) is 2. The first kappa shape index (κ1) is 28.2. The van der Waals surface area contributed by atoms with Gasteiger partial charge in [-0.3, -0.25) is 9.59 Å². The standard InChI is InChI=1S/C34H41N3O2/c1-24(2)37(33(39)29-12-8-7-11-25(29)3)23-32(38)36(22-26-15-17-28(18-16-26)34(4,5)6)20-19-27-21-35-31-14-10-9-13-30(27)31/h7-18,21,24,35H,19-20,22-23H2,1-6H3. The maximum absolute atomic E-state index is 13.9. The molecular formula is C34H41N3O2. The lowest BCUT2D eigenvalue weighted by molar-refractivity contribution is -0.132. The number of aromatic nitrogens is 1. The molecule has 5 nitrogen and oxygen atoms in total. The minimum atomic E-state index is -0.109. The lowest BCUT2D eigenvalue weighted by Gasteiger charge is -2.31. The van der Waals surface area contributed by atoms with Crippen LogP contribution in [-0.2, 0) is 23.2 Å². The molecule has 39 heavy (non-hydrogen) atoms. The van der Waals surface area contributed by atoms with Gasteiger partial charge >= 0.3 is 0 Å². The summed E-state index contributed by atoms with van der Waals surface area (Å²) in [5, 5.41) is 1.18. The third-order valence-electron chi connectivity index (χ3n) is 7.44. The van der Waals surface area contributed by atoms with E-state index in [9.17, 15) is 9.59 Å². The molecule has 1 heterocycles. The molecule has 0 aliphatic rings. The second kappa shape index (κ2) is 11.9. The number of aryl methyl sites for hydroxylation is 1. The van der Waals surface area contributed by atoms with Crippen LogP contribution in [0.15, 0.2) is 79.0 Å². The van der Waals surface area contributed by atoms with Crippen molar-refractivity contribution in [2.24, 2.45) is 0 Å². The monoisotopic (exact) mass is 523 g/mol. The van der Waals surface area contributed by atoms with Gasteiger partial charge in [-0.15, -0.1) is 0 Å². The topological polar surface area (TPSA) is 56.4 Å². The first-order valence-corrected chi connectivity index (χ1v) is 13.8. The van der Waals surface area contributed by atoms with E-state index < -0.39 is 0 Å².